The van der Waals surface area contributed by atoms with Crippen molar-refractivity contribution in [1.82, 2.24) is 40.2 Å². The van der Waals surface area contributed by atoms with E-state index in [0.717, 1.165) is 119 Å². The first-order chi connectivity index (χ1) is 52.7. The summed E-state index contributed by atoms with van der Waals surface area (Å²) in [6, 6.07) is 45.0. The number of nitrogens with zero attached hydrogens (tertiary/aromatic N) is 1. The maximum absolute atomic E-state index is 10.8. The van der Waals surface area contributed by atoms with Crippen LogP contribution in [0.1, 0.15) is 235 Å². The second-order valence-electron chi connectivity index (χ2n) is 31.3. The average molecular weight is 1610 g/mol. The van der Waals surface area contributed by atoms with E-state index in [-0.39, 0.29) is 46.9 Å². The summed E-state index contributed by atoms with van der Waals surface area (Å²) in [6.45, 7) is 9.66. The number of aromatic nitrogens is 7. The van der Waals surface area contributed by atoms with Crippen LogP contribution in [0.5, 0.6) is 0 Å². The van der Waals surface area contributed by atoms with Gasteiger partial charge in [-0.25, -0.2) is 0 Å². The highest BCUT2D eigenvalue weighted by Gasteiger charge is 2.29. The summed E-state index contributed by atoms with van der Waals surface area (Å²) in [5.41, 5.74) is 67.5. The molecule has 20 N–H and O–H groups in total. The molecule has 568 valence electrons. The molecule has 0 radical (unpaired) electrons. The third kappa shape index (κ3) is 15.9. The molecule has 109 heavy (non-hydrogen) atoms. The molecule has 17 nitrogen and oxygen atoms in total. The number of nitro groups is 1. The van der Waals surface area contributed by atoms with E-state index in [1.165, 1.54) is 209 Å². The van der Waals surface area contributed by atoms with Crippen molar-refractivity contribution in [1.29, 1.82) is 0 Å². The molecule has 0 spiro atoms. The van der Waals surface area contributed by atoms with Gasteiger partial charge in [-0.3, -0.25) is 10.1 Å². The van der Waals surface area contributed by atoms with Crippen LogP contribution >= 0.6 is 43.5 Å². The van der Waals surface area contributed by atoms with E-state index in [0.29, 0.717) is 6.04 Å². The molecule has 0 aliphatic heterocycles. The largest absolute Gasteiger partial charge is 0.357 e. The third-order valence-corrected chi connectivity index (χ3v) is 25.1. The molecule has 7 aromatic carbocycles. The fourth-order valence-electron chi connectivity index (χ4n) is 18.3. The van der Waals surface area contributed by atoms with Crippen LogP contribution in [-0.2, 0) is 44.9 Å². The van der Waals surface area contributed by atoms with Crippen molar-refractivity contribution < 1.29 is 4.92 Å². The number of nitrogens with one attached hydrogen (secondary N) is 8. The highest BCUT2D eigenvalue weighted by Crippen LogP contribution is 2.42. The van der Waals surface area contributed by atoms with Crippen molar-refractivity contribution >= 4 is 125 Å². The first-order valence-electron chi connectivity index (χ1n) is 39.5. The molecule has 0 saturated carbocycles. The van der Waals surface area contributed by atoms with Crippen molar-refractivity contribution in [2.45, 2.75) is 205 Å². The zero-order valence-electron chi connectivity index (χ0n) is 63.1. The number of H-pyrrole nitrogens is 7. The lowest BCUT2D eigenvalue weighted by Crippen LogP contribution is -2.24. The number of nitro benzene ring substituents is 1. The number of fused-ring (bicyclic) bond motifs is 21. The number of halogens is 3. The van der Waals surface area contributed by atoms with E-state index in [1.807, 2.05) is 18.2 Å². The lowest BCUT2D eigenvalue weighted by Gasteiger charge is -2.23. The molecule has 7 aliphatic carbocycles. The first-order valence-corrected chi connectivity index (χ1v) is 41.5. The van der Waals surface area contributed by atoms with Crippen LogP contribution in [-0.4, -0.2) is 46.4 Å². The predicted octanol–water partition coefficient (Wildman–Crippen LogP) is 21.2. The molecule has 7 unspecified atom stereocenters. The molecule has 0 saturated heterocycles. The number of aromatic amines is 7. The molecule has 0 bridgehead atoms. The lowest BCUT2D eigenvalue weighted by molar-refractivity contribution is -0.384. The SMILES string of the molecule is CCNC1CCCc2c1[nH]c1ccc(C)cc21.Cc1ccc2[nH]c3c(c2c1)CCCC3N.Cc1ccc2c3c([nH]c2c1)C(N)CCC3.NC1CCCc2c1[nH]c1c(Br)cccc21.NC1CCCc2c1[nH]c1ccc(Br)cc21.NC1CCCc2c1[nH]c1ccc(Cl)cc21.NC1CCCc2c1[nH]c1ccc([N+](=O)[O-])cc21. The molecule has 14 aromatic rings. The number of aryl methyl sites for hydroxylation is 10. The van der Waals surface area contributed by atoms with E-state index < -0.39 is 0 Å². The Bertz CT molecular complexity index is 5410. The summed E-state index contributed by atoms with van der Waals surface area (Å²) in [5, 5.41) is 24.2. The standard InChI is InChI=1S/C15H20N2.2C13H16N2.2C12H13BrN2.C12H13ClN2.C12H13N3O2/c1-3-16-14-6-4-5-11-12-9-10(2)7-8-13(12)17-15(11)14;1-8-5-6-9-10-3-2-4-11(14)13(10)15-12(9)7-8;1-8-5-6-12-10(7-8)9-3-2-4-11(14)13(9)15-12;13-9-5-1-3-7-8-4-2-6-10(14)12(8)15-11(7)9;2*13-7-4-5-11-9(6-7)8-2-1-3-10(14)12(8)15-11;13-10-3-1-2-8-9-6-7(15(16)17)4-5-11(9)14-12(8)10/h7-9,14,16-17H,3-6H2,1-2H3;2*5-7,11,15H,2-4,14H2,1H3;1,3,5,10,15H,2,4,6,14H2;2*4-6,10,15H,1-3,14H2;4-6,10,14H,1-3,13H2. The summed E-state index contributed by atoms with van der Waals surface area (Å²) < 4.78 is 2.26. The fraction of sp³-hybridized carbons (Fsp3) is 0.371. The summed E-state index contributed by atoms with van der Waals surface area (Å²) in [5.74, 6) is 0. The van der Waals surface area contributed by atoms with Gasteiger partial charge in [-0.2, -0.15) is 0 Å². The fourth-order valence-corrected chi connectivity index (χ4v) is 19.3. The Morgan fingerprint density at radius 2 is 0.752 bits per heavy atom. The maximum Gasteiger partial charge on any atom is 0.270 e. The number of non-ortho nitro benzene ring substituents is 1. The van der Waals surface area contributed by atoms with Crippen molar-refractivity contribution in [2.24, 2.45) is 34.4 Å². The van der Waals surface area contributed by atoms with Crippen LogP contribution in [0.25, 0.3) is 76.3 Å². The molecule has 7 aliphatic rings. The van der Waals surface area contributed by atoms with Crippen LogP contribution in [0.4, 0.5) is 5.69 Å². The van der Waals surface area contributed by atoms with Gasteiger partial charge in [-0.05, 0) is 301 Å². The molecule has 21 rings (SSSR count). The van der Waals surface area contributed by atoms with Gasteiger partial charge in [0.15, 0.2) is 0 Å². The van der Waals surface area contributed by atoms with Crippen LogP contribution < -0.4 is 39.7 Å². The summed E-state index contributed by atoms with van der Waals surface area (Å²) in [6.07, 6.45) is 24.0. The zero-order valence-corrected chi connectivity index (χ0v) is 67.0. The average Bonchev–Trinajstić information content (AvgIpc) is 1.69. The Labute approximate surface area is 658 Å². The number of para-hydroxylation sites is 1. The molecule has 7 atom stereocenters. The molecular weight excluding hydrogens is 1510 g/mol. The Balaban J connectivity index is 0.000000101. The van der Waals surface area contributed by atoms with Crippen LogP contribution in [0.15, 0.2) is 136 Å². The van der Waals surface area contributed by atoms with Gasteiger partial charge in [0.25, 0.3) is 5.69 Å². The smallest absolute Gasteiger partial charge is 0.270 e. The monoisotopic (exact) mass is 1610 g/mol. The van der Waals surface area contributed by atoms with Gasteiger partial charge in [0, 0.05) is 179 Å². The van der Waals surface area contributed by atoms with Crippen LogP contribution in [0, 0.1) is 30.9 Å². The minimum absolute atomic E-state index is 0.0326. The number of rotatable bonds is 3. The van der Waals surface area contributed by atoms with E-state index in [1.54, 1.807) is 17.7 Å². The highest BCUT2D eigenvalue weighted by molar-refractivity contribution is 9.11. The predicted molar refractivity (Wildman–Crippen MR) is 458 cm³/mol. The van der Waals surface area contributed by atoms with Gasteiger partial charge in [0.1, 0.15) is 0 Å². The Morgan fingerprint density at radius 3 is 1.23 bits per heavy atom. The summed E-state index contributed by atoms with van der Waals surface area (Å²) in [7, 11) is 0. The van der Waals surface area contributed by atoms with Gasteiger partial charge < -0.3 is 74.6 Å². The number of nitrogens with two attached hydrogens (primary N) is 6. The number of benzene rings is 7. The minimum atomic E-state index is -0.360. The first kappa shape index (κ1) is 76.1. The maximum atomic E-state index is 10.8. The third-order valence-electron chi connectivity index (χ3n) is 23.7. The Kier molecular flexibility index (Phi) is 23.0. The molecule has 7 heterocycles. The van der Waals surface area contributed by atoms with Gasteiger partial charge in [0.2, 0.25) is 0 Å². The normalized spacial score (nSPS) is 20.2. The lowest BCUT2D eigenvalue weighted by atomic mass is 9.91. The Morgan fingerprint density at radius 1 is 0.394 bits per heavy atom. The highest BCUT2D eigenvalue weighted by atomic mass is 79.9. The Hall–Kier alpha value is -8.31. The van der Waals surface area contributed by atoms with Crippen molar-refractivity contribution in [2.75, 3.05) is 6.54 Å². The minimum Gasteiger partial charge on any atom is -0.357 e. The van der Waals surface area contributed by atoms with Gasteiger partial charge >= 0.3 is 0 Å². The van der Waals surface area contributed by atoms with E-state index >= 15 is 0 Å². The van der Waals surface area contributed by atoms with E-state index in [9.17, 15) is 10.1 Å². The summed E-state index contributed by atoms with van der Waals surface area (Å²) in [4.78, 5) is 34.6. The van der Waals surface area contributed by atoms with E-state index in [2.05, 4.69) is 191 Å². The van der Waals surface area contributed by atoms with Crippen molar-refractivity contribution in [3.63, 3.8) is 0 Å². The number of hydrogen-bond acceptors (Lipinski definition) is 9. The molecule has 7 aromatic heterocycles. The second-order valence-corrected chi connectivity index (χ2v) is 33.5. The zero-order chi connectivity index (χ0) is 75.9. The topological polar surface area (TPSA) is 322 Å². The summed E-state index contributed by atoms with van der Waals surface area (Å²) >= 11 is 13.1. The second kappa shape index (κ2) is 32.9. The number of hydrogen-bond donors (Lipinski definition) is 14. The van der Waals surface area contributed by atoms with Gasteiger partial charge in [-0.15, -0.1) is 0 Å². The van der Waals surface area contributed by atoms with Gasteiger partial charge in [0.05, 0.1) is 10.4 Å². The van der Waals surface area contributed by atoms with Crippen molar-refractivity contribution in [3.8, 4) is 0 Å². The van der Waals surface area contributed by atoms with Crippen LogP contribution in [0.3, 0.4) is 0 Å². The quantitative estimate of drug-likeness (QED) is 0.0590. The van der Waals surface area contributed by atoms with Crippen molar-refractivity contribution in [3.05, 3.63) is 247 Å². The van der Waals surface area contributed by atoms with E-state index in [4.69, 9.17) is 46.0 Å². The van der Waals surface area contributed by atoms with Gasteiger partial charge in [-0.1, -0.05) is 82.0 Å². The molecule has 0 amide bonds. The molecular formula is C89H104Br2ClN15O2. The molecule has 0 fully saturated rings. The molecule has 20 heteroatoms. The van der Waals surface area contributed by atoms with Crippen LogP contribution in [0.2, 0.25) is 5.02 Å².